The van der Waals surface area contributed by atoms with Crippen molar-refractivity contribution in [2.75, 3.05) is 0 Å². The van der Waals surface area contributed by atoms with Gasteiger partial charge in [0, 0.05) is 23.3 Å². The van der Waals surface area contributed by atoms with Crippen LogP contribution in [0.25, 0.3) is 0 Å². The molecule has 2 aromatic heterocycles. The van der Waals surface area contributed by atoms with Gasteiger partial charge in [-0.05, 0) is 25.0 Å². The Morgan fingerprint density at radius 3 is 2.59 bits per heavy atom. The number of halogens is 2. The summed E-state index contributed by atoms with van der Waals surface area (Å²) in [5.41, 5.74) is 0.764. The fourth-order valence-electron chi connectivity index (χ4n) is 2.64. The highest BCUT2D eigenvalue weighted by molar-refractivity contribution is 7.98. The Labute approximate surface area is 176 Å². The van der Waals surface area contributed by atoms with Gasteiger partial charge in [-0.25, -0.2) is 0 Å². The molecule has 0 aliphatic heterocycles. The SMILES string of the molecule is CCC(CC)n1c(COc2ccccc2Cl)nnc1SCc1nnsc1Cl. The van der Waals surface area contributed by atoms with E-state index in [4.69, 9.17) is 27.9 Å². The molecule has 0 aliphatic rings. The minimum Gasteiger partial charge on any atom is -0.484 e. The predicted octanol–water partition coefficient (Wildman–Crippen LogP) is 5.67. The van der Waals surface area contributed by atoms with Gasteiger partial charge in [-0.2, -0.15) is 0 Å². The summed E-state index contributed by atoms with van der Waals surface area (Å²) < 4.78 is 12.5. The average molecular weight is 444 g/mol. The fraction of sp³-hybridized carbons (Fsp3) is 0.412. The van der Waals surface area contributed by atoms with Crippen LogP contribution in [-0.2, 0) is 12.4 Å². The van der Waals surface area contributed by atoms with Gasteiger partial charge in [0.2, 0.25) is 0 Å². The van der Waals surface area contributed by atoms with E-state index >= 15 is 0 Å². The number of hydrogen-bond donors (Lipinski definition) is 0. The Kier molecular flexibility index (Phi) is 7.34. The molecule has 144 valence electrons. The third-order valence-electron chi connectivity index (χ3n) is 4.08. The van der Waals surface area contributed by atoms with Crippen molar-refractivity contribution in [3.8, 4) is 5.75 Å². The van der Waals surface area contributed by atoms with Crippen molar-refractivity contribution in [2.45, 2.75) is 50.2 Å². The molecule has 0 radical (unpaired) electrons. The van der Waals surface area contributed by atoms with Crippen LogP contribution in [0.15, 0.2) is 29.4 Å². The van der Waals surface area contributed by atoms with Crippen LogP contribution in [0, 0.1) is 0 Å². The smallest absolute Gasteiger partial charge is 0.191 e. The largest absolute Gasteiger partial charge is 0.484 e. The van der Waals surface area contributed by atoms with E-state index in [-0.39, 0.29) is 6.04 Å². The first-order chi connectivity index (χ1) is 13.1. The lowest BCUT2D eigenvalue weighted by Crippen LogP contribution is -2.14. The number of rotatable bonds is 9. The van der Waals surface area contributed by atoms with Crippen molar-refractivity contribution in [3.05, 3.63) is 45.1 Å². The van der Waals surface area contributed by atoms with Gasteiger partial charge in [0.25, 0.3) is 0 Å². The Morgan fingerprint density at radius 1 is 1.15 bits per heavy atom. The van der Waals surface area contributed by atoms with Crippen LogP contribution in [-0.4, -0.2) is 24.4 Å². The molecule has 0 aliphatic carbocycles. The van der Waals surface area contributed by atoms with Crippen molar-refractivity contribution in [1.29, 1.82) is 0 Å². The van der Waals surface area contributed by atoms with Crippen LogP contribution in [0.5, 0.6) is 5.75 Å². The Bertz CT molecular complexity index is 882. The molecule has 0 atom stereocenters. The second-order valence-corrected chi connectivity index (χ2v) is 8.45. The first-order valence-corrected chi connectivity index (χ1v) is 11.1. The topological polar surface area (TPSA) is 65.7 Å². The van der Waals surface area contributed by atoms with Crippen molar-refractivity contribution in [2.24, 2.45) is 0 Å². The number of nitrogens with zero attached hydrogens (tertiary/aromatic N) is 5. The van der Waals surface area contributed by atoms with Gasteiger partial charge >= 0.3 is 0 Å². The van der Waals surface area contributed by atoms with Gasteiger partial charge < -0.3 is 9.30 Å². The maximum absolute atomic E-state index is 6.18. The summed E-state index contributed by atoms with van der Waals surface area (Å²) in [5, 5.41) is 14.2. The number of ether oxygens (including phenoxy) is 1. The zero-order chi connectivity index (χ0) is 19.2. The lowest BCUT2D eigenvalue weighted by atomic mass is 10.2. The minimum atomic E-state index is 0.288. The lowest BCUT2D eigenvalue weighted by molar-refractivity contribution is 0.278. The molecule has 0 saturated heterocycles. The highest BCUT2D eigenvalue weighted by Gasteiger charge is 2.20. The number of para-hydroxylation sites is 1. The normalized spacial score (nSPS) is 11.3. The molecule has 0 amide bonds. The summed E-state index contributed by atoms with van der Waals surface area (Å²) >= 11 is 15.0. The van der Waals surface area contributed by atoms with Gasteiger partial charge in [0.05, 0.1) is 5.02 Å². The van der Waals surface area contributed by atoms with E-state index in [1.54, 1.807) is 17.8 Å². The molecule has 0 saturated carbocycles. The zero-order valence-corrected chi connectivity index (χ0v) is 18.1. The van der Waals surface area contributed by atoms with E-state index in [1.165, 1.54) is 11.5 Å². The van der Waals surface area contributed by atoms with Crippen molar-refractivity contribution in [1.82, 2.24) is 24.4 Å². The summed E-state index contributed by atoms with van der Waals surface area (Å²) in [7, 11) is 0. The van der Waals surface area contributed by atoms with E-state index < -0.39 is 0 Å². The van der Waals surface area contributed by atoms with E-state index in [1.807, 2.05) is 18.2 Å². The summed E-state index contributed by atoms with van der Waals surface area (Å²) in [6, 6.07) is 7.69. The molecule has 6 nitrogen and oxygen atoms in total. The van der Waals surface area contributed by atoms with Gasteiger partial charge in [0.1, 0.15) is 22.4 Å². The fourth-order valence-corrected chi connectivity index (χ4v) is 4.59. The molecule has 0 bridgehead atoms. The maximum atomic E-state index is 6.18. The first kappa shape index (κ1) is 20.4. The Morgan fingerprint density at radius 2 is 1.93 bits per heavy atom. The van der Waals surface area contributed by atoms with E-state index in [9.17, 15) is 0 Å². The molecule has 0 spiro atoms. The third kappa shape index (κ3) is 4.93. The van der Waals surface area contributed by atoms with Crippen molar-refractivity contribution >= 4 is 46.5 Å². The maximum Gasteiger partial charge on any atom is 0.191 e. The standard InChI is InChI=1S/C17H19Cl2N5OS2/c1-3-11(4-2)24-15(9-25-14-8-6-5-7-12(14)18)21-22-17(24)26-10-13-16(19)27-23-20-13/h5-8,11H,3-4,9-10H2,1-2H3. The molecule has 2 heterocycles. The number of hydrogen-bond acceptors (Lipinski definition) is 7. The lowest BCUT2D eigenvalue weighted by Gasteiger charge is -2.19. The van der Waals surface area contributed by atoms with Crippen LogP contribution in [0.4, 0.5) is 0 Å². The summed E-state index contributed by atoms with van der Waals surface area (Å²) in [6.45, 7) is 4.61. The van der Waals surface area contributed by atoms with Crippen LogP contribution >= 0.6 is 46.5 Å². The summed E-state index contributed by atoms with van der Waals surface area (Å²) in [5.74, 6) is 2.00. The second-order valence-electron chi connectivity index (χ2n) is 5.74. The molecular formula is C17H19Cl2N5OS2. The molecule has 0 unspecified atom stereocenters. The van der Waals surface area contributed by atoms with E-state index in [0.717, 1.165) is 29.5 Å². The average Bonchev–Trinajstić information content (AvgIpc) is 3.27. The van der Waals surface area contributed by atoms with Crippen molar-refractivity contribution < 1.29 is 4.74 Å². The zero-order valence-electron chi connectivity index (χ0n) is 14.9. The highest BCUT2D eigenvalue weighted by atomic mass is 35.5. The quantitative estimate of drug-likeness (QED) is 0.396. The van der Waals surface area contributed by atoms with Gasteiger partial charge in [-0.15, -0.1) is 15.3 Å². The Balaban J connectivity index is 1.79. The van der Waals surface area contributed by atoms with Gasteiger partial charge in [-0.3, -0.25) is 0 Å². The van der Waals surface area contributed by atoms with Crippen LogP contribution in [0.3, 0.4) is 0 Å². The highest BCUT2D eigenvalue weighted by Crippen LogP contribution is 2.31. The minimum absolute atomic E-state index is 0.288. The van der Waals surface area contributed by atoms with Gasteiger partial charge in [-0.1, -0.05) is 65.4 Å². The number of aromatic nitrogens is 5. The summed E-state index contributed by atoms with van der Waals surface area (Å²) in [4.78, 5) is 0. The molecular weight excluding hydrogens is 425 g/mol. The van der Waals surface area contributed by atoms with Gasteiger partial charge in [0.15, 0.2) is 11.0 Å². The molecule has 27 heavy (non-hydrogen) atoms. The van der Waals surface area contributed by atoms with E-state index in [0.29, 0.717) is 27.5 Å². The summed E-state index contributed by atoms with van der Waals surface area (Å²) in [6.07, 6.45) is 1.94. The Hall–Kier alpha value is -1.35. The van der Waals surface area contributed by atoms with E-state index in [2.05, 4.69) is 38.2 Å². The number of thioether (sulfide) groups is 1. The number of benzene rings is 1. The molecule has 3 rings (SSSR count). The van der Waals surface area contributed by atoms with Crippen LogP contribution < -0.4 is 4.74 Å². The second kappa shape index (κ2) is 9.73. The molecule has 10 heteroatoms. The van der Waals surface area contributed by atoms with Crippen LogP contribution in [0.2, 0.25) is 9.36 Å². The third-order valence-corrected chi connectivity index (χ3v) is 6.33. The van der Waals surface area contributed by atoms with Crippen molar-refractivity contribution in [3.63, 3.8) is 0 Å². The first-order valence-electron chi connectivity index (χ1n) is 8.54. The molecule has 1 aromatic carbocycles. The van der Waals surface area contributed by atoms with Crippen LogP contribution in [0.1, 0.15) is 44.2 Å². The predicted molar refractivity (Wildman–Crippen MR) is 110 cm³/mol. The molecule has 3 aromatic rings. The molecule has 0 N–H and O–H groups in total. The monoisotopic (exact) mass is 443 g/mol. The molecule has 0 fully saturated rings.